The third-order valence-electron chi connectivity index (χ3n) is 3.17. The van der Waals surface area contributed by atoms with Gasteiger partial charge in [0.05, 0.1) is 4.90 Å². The molecule has 0 aliphatic heterocycles. The first-order valence-electron chi connectivity index (χ1n) is 6.70. The summed E-state index contributed by atoms with van der Waals surface area (Å²) in [7, 11) is -3.65. The van der Waals surface area contributed by atoms with Crippen LogP contribution in [0.4, 0.5) is 0 Å². The van der Waals surface area contributed by atoms with Crippen molar-refractivity contribution in [1.29, 1.82) is 0 Å². The van der Waals surface area contributed by atoms with E-state index in [2.05, 4.69) is 5.32 Å². The molecule has 0 unspecified atom stereocenters. The molecule has 0 radical (unpaired) electrons. The van der Waals surface area contributed by atoms with E-state index in [-0.39, 0.29) is 17.4 Å². The van der Waals surface area contributed by atoms with Crippen LogP contribution in [0.5, 0.6) is 0 Å². The van der Waals surface area contributed by atoms with Crippen molar-refractivity contribution >= 4 is 21.7 Å². The molecule has 21 heavy (non-hydrogen) atoms. The third-order valence-corrected chi connectivity index (χ3v) is 4.81. The lowest BCUT2D eigenvalue weighted by Crippen LogP contribution is -2.31. The fourth-order valence-electron chi connectivity index (χ4n) is 1.87. The quantitative estimate of drug-likeness (QED) is 0.774. The van der Waals surface area contributed by atoms with Crippen molar-refractivity contribution in [2.24, 2.45) is 0 Å². The molecule has 1 aliphatic rings. The Bertz CT molecular complexity index is 632. The molecule has 2 rings (SSSR count). The highest BCUT2D eigenvalue weighted by atomic mass is 32.2. The normalized spacial score (nSPS) is 14.7. The molecular formula is C14H17NO5S. The van der Waals surface area contributed by atoms with Crippen molar-refractivity contribution in [3.05, 3.63) is 29.8 Å². The summed E-state index contributed by atoms with van der Waals surface area (Å²) in [6, 6.07) is 6.11. The van der Waals surface area contributed by atoms with Crippen molar-refractivity contribution in [3.8, 4) is 0 Å². The first-order valence-corrected chi connectivity index (χ1v) is 8.35. The first-order chi connectivity index (χ1) is 9.87. The van der Waals surface area contributed by atoms with Gasteiger partial charge in [0.25, 0.3) is 0 Å². The summed E-state index contributed by atoms with van der Waals surface area (Å²) in [5.74, 6) is -1.94. The molecule has 1 saturated carbocycles. The minimum atomic E-state index is -3.65. The number of carboxylic acids is 1. The highest BCUT2D eigenvalue weighted by Gasteiger charge is 2.26. The molecule has 1 aromatic rings. The van der Waals surface area contributed by atoms with Gasteiger partial charge in [0.1, 0.15) is 5.75 Å². The van der Waals surface area contributed by atoms with Crippen molar-refractivity contribution in [2.45, 2.75) is 36.6 Å². The summed E-state index contributed by atoms with van der Waals surface area (Å²) in [5.41, 5.74) is 0.749. The largest absolute Gasteiger partial charge is 0.481 e. The van der Waals surface area contributed by atoms with Gasteiger partial charge in [-0.1, -0.05) is 12.1 Å². The van der Waals surface area contributed by atoms with Crippen LogP contribution in [0.3, 0.4) is 0 Å². The van der Waals surface area contributed by atoms with E-state index in [0.29, 0.717) is 6.42 Å². The average molecular weight is 311 g/mol. The van der Waals surface area contributed by atoms with E-state index in [0.717, 1.165) is 18.4 Å². The molecule has 7 heteroatoms. The maximum Gasteiger partial charge on any atom is 0.303 e. The fraction of sp³-hybridized carbons (Fsp3) is 0.429. The monoisotopic (exact) mass is 311 g/mol. The van der Waals surface area contributed by atoms with E-state index in [1.807, 2.05) is 0 Å². The predicted octanol–water partition coefficient (Wildman–Crippen LogP) is 0.756. The van der Waals surface area contributed by atoms with Crippen molar-refractivity contribution in [2.75, 3.05) is 5.75 Å². The van der Waals surface area contributed by atoms with Gasteiger partial charge in [-0.15, -0.1) is 0 Å². The maximum atomic E-state index is 12.1. The van der Waals surface area contributed by atoms with Gasteiger partial charge in [-0.05, 0) is 37.0 Å². The van der Waals surface area contributed by atoms with Crippen LogP contribution < -0.4 is 5.32 Å². The lowest BCUT2D eigenvalue weighted by atomic mass is 10.1. The molecule has 1 aromatic carbocycles. The van der Waals surface area contributed by atoms with E-state index in [1.165, 1.54) is 12.1 Å². The molecule has 0 aromatic heterocycles. The highest BCUT2D eigenvalue weighted by molar-refractivity contribution is 7.92. The number of carbonyl (C=O) groups excluding carboxylic acids is 1. The molecule has 114 valence electrons. The molecule has 1 fully saturated rings. The van der Waals surface area contributed by atoms with Gasteiger partial charge in [0, 0.05) is 12.5 Å². The SMILES string of the molecule is O=C(O)CCc1ccc(S(=O)(=O)CC(=O)NC2CC2)cc1. The molecule has 1 amide bonds. The number of benzene rings is 1. The van der Waals surface area contributed by atoms with Gasteiger partial charge < -0.3 is 10.4 Å². The molecule has 0 saturated heterocycles. The zero-order valence-corrected chi connectivity index (χ0v) is 12.2. The van der Waals surface area contributed by atoms with E-state index in [4.69, 9.17) is 5.11 Å². The van der Waals surface area contributed by atoms with Crippen molar-refractivity contribution < 1.29 is 23.1 Å². The molecule has 2 N–H and O–H groups in total. The molecular weight excluding hydrogens is 294 g/mol. The Morgan fingerprint density at radius 1 is 1.19 bits per heavy atom. The van der Waals surface area contributed by atoms with Crippen LogP contribution in [-0.2, 0) is 25.8 Å². The Morgan fingerprint density at radius 2 is 1.81 bits per heavy atom. The summed E-state index contributed by atoms with van der Waals surface area (Å²) in [6.45, 7) is 0. The molecule has 0 heterocycles. The second-order valence-corrected chi connectivity index (χ2v) is 7.13. The van der Waals surface area contributed by atoms with Crippen LogP contribution >= 0.6 is 0 Å². The number of hydrogen-bond donors (Lipinski definition) is 2. The summed E-state index contributed by atoms with van der Waals surface area (Å²) in [4.78, 5) is 22.1. The number of nitrogens with one attached hydrogen (secondary N) is 1. The smallest absolute Gasteiger partial charge is 0.303 e. The number of sulfone groups is 1. The summed E-state index contributed by atoms with van der Waals surface area (Å²) < 4.78 is 24.1. The number of amides is 1. The van der Waals surface area contributed by atoms with Crippen LogP contribution in [0.25, 0.3) is 0 Å². The third kappa shape index (κ3) is 4.86. The fourth-order valence-corrected chi connectivity index (χ4v) is 3.01. The summed E-state index contributed by atoms with van der Waals surface area (Å²) in [6.07, 6.45) is 2.15. The standard InChI is InChI=1S/C14H17NO5S/c16-13(15-11-4-5-11)9-21(19,20)12-6-1-10(2-7-12)3-8-14(17)18/h1-2,6-7,11H,3-5,8-9H2,(H,15,16)(H,17,18). The lowest BCUT2D eigenvalue weighted by Gasteiger charge is -2.06. The van der Waals surface area contributed by atoms with Gasteiger partial charge >= 0.3 is 5.97 Å². The van der Waals surface area contributed by atoms with Gasteiger partial charge in [0.15, 0.2) is 9.84 Å². The number of rotatable bonds is 7. The molecule has 6 nitrogen and oxygen atoms in total. The molecule has 1 aliphatic carbocycles. The lowest BCUT2D eigenvalue weighted by molar-refractivity contribution is -0.137. The van der Waals surface area contributed by atoms with E-state index < -0.39 is 27.5 Å². The second kappa shape index (κ2) is 6.26. The Morgan fingerprint density at radius 3 is 2.33 bits per heavy atom. The maximum absolute atomic E-state index is 12.1. The van der Waals surface area contributed by atoms with Crippen LogP contribution in [0.1, 0.15) is 24.8 Å². The number of carbonyl (C=O) groups is 2. The van der Waals surface area contributed by atoms with E-state index in [1.54, 1.807) is 12.1 Å². The van der Waals surface area contributed by atoms with Crippen molar-refractivity contribution in [1.82, 2.24) is 5.32 Å². The van der Waals surface area contributed by atoms with Gasteiger partial charge in [-0.2, -0.15) is 0 Å². The topological polar surface area (TPSA) is 101 Å². The zero-order chi connectivity index (χ0) is 15.5. The van der Waals surface area contributed by atoms with Crippen LogP contribution in [0.15, 0.2) is 29.2 Å². The minimum absolute atomic E-state index is 0.00408. The number of hydrogen-bond acceptors (Lipinski definition) is 4. The van der Waals surface area contributed by atoms with Gasteiger partial charge in [-0.3, -0.25) is 9.59 Å². The summed E-state index contributed by atoms with van der Waals surface area (Å²) >= 11 is 0. The Labute approximate surface area is 123 Å². The first kappa shape index (κ1) is 15.5. The second-order valence-electron chi connectivity index (χ2n) is 5.14. The number of carboxylic acid groups (broad SMARTS) is 1. The molecule has 0 bridgehead atoms. The van der Waals surface area contributed by atoms with Crippen molar-refractivity contribution in [3.63, 3.8) is 0 Å². The zero-order valence-electron chi connectivity index (χ0n) is 11.4. The highest BCUT2D eigenvalue weighted by Crippen LogP contribution is 2.19. The number of aryl methyl sites for hydroxylation is 1. The van der Waals surface area contributed by atoms with Gasteiger partial charge in [-0.25, -0.2) is 8.42 Å². The summed E-state index contributed by atoms with van der Waals surface area (Å²) in [5, 5.41) is 11.2. The Balaban J connectivity index is 1.98. The van der Waals surface area contributed by atoms with Crippen LogP contribution in [-0.4, -0.2) is 37.2 Å². The van der Waals surface area contributed by atoms with E-state index in [9.17, 15) is 18.0 Å². The molecule has 0 atom stereocenters. The van der Waals surface area contributed by atoms with E-state index >= 15 is 0 Å². The van der Waals surface area contributed by atoms with Crippen LogP contribution in [0.2, 0.25) is 0 Å². The Kier molecular flexibility index (Phi) is 4.62. The molecule has 0 spiro atoms. The number of aliphatic carboxylic acids is 1. The average Bonchev–Trinajstić information content (AvgIpc) is 3.20. The predicted molar refractivity (Wildman–Crippen MR) is 75.6 cm³/mol. The van der Waals surface area contributed by atoms with Gasteiger partial charge in [0.2, 0.25) is 5.91 Å². The Hall–Kier alpha value is -1.89. The minimum Gasteiger partial charge on any atom is -0.481 e. The van der Waals surface area contributed by atoms with Crippen LogP contribution in [0, 0.1) is 0 Å².